The van der Waals surface area contributed by atoms with Gasteiger partial charge in [-0.05, 0) is 32.4 Å². The van der Waals surface area contributed by atoms with Crippen LogP contribution in [-0.2, 0) is 0 Å². The fourth-order valence-corrected chi connectivity index (χ4v) is 0.825. The molecule has 0 unspecified atom stereocenters. The second-order valence-corrected chi connectivity index (χ2v) is 3.80. The van der Waals surface area contributed by atoms with Crippen molar-refractivity contribution >= 4 is 17.5 Å². The van der Waals surface area contributed by atoms with Crippen LogP contribution in [0.4, 0.5) is 5.95 Å². The third kappa shape index (κ3) is 3.42. The summed E-state index contributed by atoms with van der Waals surface area (Å²) in [6.07, 6.45) is 0. The van der Waals surface area contributed by atoms with E-state index in [9.17, 15) is 0 Å². The molecule has 13 heavy (non-hydrogen) atoms. The van der Waals surface area contributed by atoms with Gasteiger partial charge in [0.15, 0.2) is 0 Å². The second-order valence-electron chi connectivity index (χ2n) is 3.46. The quantitative estimate of drug-likeness (QED) is 0.743. The molecule has 0 saturated heterocycles. The number of nitrogens with two attached hydrogens (primary N) is 1. The lowest BCUT2D eigenvalue weighted by molar-refractivity contribution is 0.117. The van der Waals surface area contributed by atoms with E-state index in [1.807, 2.05) is 20.8 Å². The van der Waals surface area contributed by atoms with Crippen molar-refractivity contribution in [3.8, 4) is 6.01 Å². The number of nitrogen functional groups attached to an aromatic ring is 1. The minimum absolute atomic E-state index is 0.0340. The number of aromatic nitrogens is 3. The predicted molar refractivity (Wildman–Crippen MR) is 49.6 cm³/mol. The highest BCUT2D eigenvalue weighted by Crippen LogP contribution is 2.15. The molecule has 0 bridgehead atoms. The number of rotatable bonds is 1. The Labute approximate surface area is 81.3 Å². The molecule has 1 aromatic rings. The van der Waals surface area contributed by atoms with Gasteiger partial charge in [0.25, 0.3) is 0 Å². The average Bonchev–Trinajstić information content (AvgIpc) is 1.78. The maximum atomic E-state index is 5.56. The molecule has 1 rings (SSSR count). The Hall–Kier alpha value is -1.10. The first-order valence-electron chi connectivity index (χ1n) is 3.73. The van der Waals surface area contributed by atoms with Crippen molar-refractivity contribution in [3.63, 3.8) is 0 Å². The second kappa shape index (κ2) is 3.33. The van der Waals surface area contributed by atoms with Gasteiger partial charge in [0.05, 0.1) is 0 Å². The smallest absolute Gasteiger partial charge is 0.323 e. The molecule has 0 spiro atoms. The molecule has 0 radical (unpaired) electrons. The summed E-state index contributed by atoms with van der Waals surface area (Å²) in [5.74, 6) is 0.0549. The molecule has 0 atom stereocenters. The zero-order chi connectivity index (χ0) is 10.1. The van der Waals surface area contributed by atoms with Gasteiger partial charge in [-0.2, -0.15) is 15.0 Å². The van der Waals surface area contributed by atoms with E-state index in [1.54, 1.807) is 0 Å². The molecule has 0 aromatic carbocycles. The van der Waals surface area contributed by atoms with Gasteiger partial charge >= 0.3 is 6.01 Å². The maximum Gasteiger partial charge on any atom is 0.323 e. The van der Waals surface area contributed by atoms with E-state index < -0.39 is 0 Å². The predicted octanol–water partition coefficient (Wildman–Crippen LogP) is 1.28. The van der Waals surface area contributed by atoms with Crippen molar-refractivity contribution in [2.75, 3.05) is 5.73 Å². The van der Waals surface area contributed by atoms with Crippen LogP contribution in [0, 0.1) is 0 Å². The fraction of sp³-hybridized carbons (Fsp3) is 0.571. The lowest BCUT2D eigenvalue weighted by Crippen LogP contribution is -2.24. The largest absolute Gasteiger partial charge is 0.458 e. The van der Waals surface area contributed by atoms with Crippen molar-refractivity contribution in [3.05, 3.63) is 5.28 Å². The molecule has 0 saturated carbocycles. The molecule has 1 heterocycles. The van der Waals surface area contributed by atoms with Crippen LogP contribution in [0.15, 0.2) is 0 Å². The van der Waals surface area contributed by atoms with Crippen molar-refractivity contribution in [2.24, 2.45) is 0 Å². The minimum atomic E-state index is -0.378. The Morgan fingerprint density at radius 1 is 1.23 bits per heavy atom. The SMILES string of the molecule is CC(C)(C)Oc1nc(N)nc(Cl)n1. The van der Waals surface area contributed by atoms with Crippen molar-refractivity contribution in [1.82, 2.24) is 15.0 Å². The first-order chi connectivity index (χ1) is 5.87. The zero-order valence-corrected chi connectivity index (χ0v) is 8.46. The summed E-state index contributed by atoms with van der Waals surface area (Å²) in [5.41, 5.74) is 4.97. The standard InChI is InChI=1S/C7H11ClN4O/c1-7(2,3)13-6-11-4(8)10-5(9)12-6/h1-3H3,(H2,9,10,11,12). The summed E-state index contributed by atoms with van der Waals surface area (Å²) in [6, 6.07) is 0.144. The summed E-state index contributed by atoms with van der Waals surface area (Å²) < 4.78 is 5.34. The third-order valence-corrected chi connectivity index (χ3v) is 1.17. The topological polar surface area (TPSA) is 73.9 Å². The summed E-state index contributed by atoms with van der Waals surface area (Å²) >= 11 is 5.56. The molecule has 2 N–H and O–H groups in total. The molecule has 0 amide bonds. The Kier molecular flexibility index (Phi) is 2.56. The highest BCUT2D eigenvalue weighted by atomic mass is 35.5. The molecule has 0 aliphatic carbocycles. The van der Waals surface area contributed by atoms with E-state index in [0.29, 0.717) is 0 Å². The van der Waals surface area contributed by atoms with Crippen LogP contribution < -0.4 is 10.5 Å². The van der Waals surface area contributed by atoms with Crippen molar-refractivity contribution in [2.45, 2.75) is 26.4 Å². The number of hydrogen-bond donors (Lipinski definition) is 1. The van der Waals surface area contributed by atoms with Crippen LogP contribution >= 0.6 is 11.6 Å². The molecular formula is C7H11ClN4O. The maximum absolute atomic E-state index is 5.56. The molecule has 0 aliphatic rings. The number of hydrogen-bond acceptors (Lipinski definition) is 5. The van der Waals surface area contributed by atoms with Crippen LogP contribution in [0.1, 0.15) is 20.8 Å². The van der Waals surface area contributed by atoms with Gasteiger partial charge in [0.1, 0.15) is 5.60 Å². The van der Waals surface area contributed by atoms with E-state index in [2.05, 4.69) is 15.0 Å². The molecule has 5 nitrogen and oxygen atoms in total. The minimum Gasteiger partial charge on any atom is -0.458 e. The molecular weight excluding hydrogens is 192 g/mol. The summed E-state index contributed by atoms with van der Waals surface area (Å²) in [5, 5.41) is 0.0340. The zero-order valence-electron chi connectivity index (χ0n) is 7.71. The van der Waals surface area contributed by atoms with E-state index in [0.717, 1.165) is 0 Å². The van der Waals surface area contributed by atoms with Crippen LogP contribution in [0.25, 0.3) is 0 Å². The Balaban J connectivity index is 2.90. The van der Waals surface area contributed by atoms with Gasteiger partial charge in [-0.1, -0.05) is 0 Å². The normalized spacial score (nSPS) is 11.4. The molecule has 0 aliphatic heterocycles. The Bertz CT molecular complexity index is 290. The van der Waals surface area contributed by atoms with Gasteiger partial charge < -0.3 is 10.5 Å². The molecule has 0 fully saturated rings. The van der Waals surface area contributed by atoms with E-state index in [4.69, 9.17) is 22.1 Å². The number of nitrogens with zero attached hydrogens (tertiary/aromatic N) is 3. The van der Waals surface area contributed by atoms with E-state index >= 15 is 0 Å². The van der Waals surface area contributed by atoms with Crippen LogP contribution in [0.2, 0.25) is 5.28 Å². The monoisotopic (exact) mass is 202 g/mol. The number of halogens is 1. The summed E-state index contributed by atoms with van der Waals surface area (Å²) in [6.45, 7) is 5.63. The first kappa shape index (κ1) is 9.98. The van der Waals surface area contributed by atoms with Crippen LogP contribution in [0.5, 0.6) is 6.01 Å². The lowest BCUT2D eigenvalue weighted by atomic mass is 10.2. The van der Waals surface area contributed by atoms with Crippen molar-refractivity contribution < 1.29 is 4.74 Å². The average molecular weight is 203 g/mol. The summed E-state index contributed by atoms with van der Waals surface area (Å²) in [7, 11) is 0. The van der Waals surface area contributed by atoms with Gasteiger partial charge in [0.2, 0.25) is 11.2 Å². The van der Waals surface area contributed by atoms with Crippen molar-refractivity contribution in [1.29, 1.82) is 0 Å². The van der Waals surface area contributed by atoms with Gasteiger partial charge in [-0.15, -0.1) is 0 Å². The highest BCUT2D eigenvalue weighted by molar-refractivity contribution is 6.28. The first-order valence-corrected chi connectivity index (χ1v) is 4.11. The fourth-order valence-electron chi connectivity index (χ4n) is 0.666. The van der Waals surface area contributed by atoms with Crippen LogP contribution in [0.3, 0.4) is 0 Å². The van der Waals surface area contributed by atoms with E-state index in [-0.39, 0.29) is 22.8 Å². The van der Waals surface area contributed by atoms with E-state index in [1.165, 1.54) is 0 Å². The molecule has 72 valence electrons. The highest BCUT2D eigenvalue weighted by Gasteiger charge is 2.14. The van der Waals surface area contributed by atoms with Gasteiger partial charge in [-0.3, -0.25) is 0 Å². The summed E-state index contributed by atoms with van der Waals surface area (Å²) in [4.78, 5) is 11.1. The number of anilines is 1. The van der Waals surface area contributed by atoms with Gasteiger partial charge in [0, 0.05) is 0 Å². The lowest BCUT2D eigenvalue weighted by Gasteiger charge is -2.18. The number of ether oxygens (including phenoxy) is 1. The third-order valence-electron chi connectivity index (χ3n) is 1.00. The molecule has 6 heteroatoms. The molecule has 1 aromatic heterocycles. The van der Waals surface area contributed by atoms with Gasteiger partial charge in [-0.25, -0.2) is 0 Å². The van der Waals surface area contributed by atoms with Crippen LogP contribution in [-0.4, -0.2) is 20.6 Å². The Morgan fingerprint density at radius 2 is 1.85 bits per heavy atom. The Morgan fingerprint density at radius 3 is 2.31 bits per heavy atom.